The number of phosphoric acid groups is 1. The lowest BCUT2D eigenvalue weighted by molar-refractivity contribution is -0.201. The molecule has 10 nitrogen and oxygen atoms in total. The van der Waals surface area contributed by atoms with E-state index in [1.165, 1.54) is 0 Å². The number of hydrogen-bond donors (Lipinski definition) is 5. The Morgan fingerprint density at radius 2 is 2.00 bits per heavy atom. The first-order valence-corrected chi connectivity index (χ1v) is 13.6. The standard InChI is InChI=1S/C18H34ClN2O8PS.ClH/c1-5-6-10-7-11(21(3)8-10)17(24)20-12(9(2)19)15-13(22)14(23)16(18(28-15)31-4)29-30(25,26)27;/h9-16,18,22-23H,5-8H2,1-4H3,(H,20,24)(H2,25,26,27);1H/t9-,10+,11+,12+,13?,14?,15?,16?,18?;/m0./s1. The third kappa shape index (κ3) is 7.68. The Bertz CT molecular complexity index is 658. The number of likely N-dealkylation sites (tertiary alicyclic amines) is 1. The fourth-order valence-electron chi connectivity index (χ4n) is 4.37. The summed E-state index contributed by atoms with van der Waals surface area (Å²) in [6.45, 7) is 4.57. The van der Waals surface area contributed by atoms with Crippen LogP contribution in [0.5, 0.6) is 0 Å². The first kappa shape index (κ1) is 30.4. The lowest BCUT2D eigenvalue weighted by atomic mass is 9.92. The van der Waals surface area contributed by atoms with Gasteiger partial charge >= 0.3 is 7.82 Å². The van der Waals surface area contributed by atoms with Gasteiger partial charge in [-0.3, -0.25) is 14.2 Å². The molecule has 9 atom stereocenters. The number of amides is 1. The smallest absolute Gasteiger partial charge is 0.388 e. The van der Waals surface area contributed by atoms with E-state index in [2.05, 4.69) is 16.8 Å². The average molecular weight is 541 g/mol. The largest absolute Gasteiger partial charge is 0.470 e. The fourth-order valence-corrected chi connectivity index (χ4v) is 5.93. The van der Waals surface area contributed by atoms with Crippen molar-refractivity contribution < 1.29 is 38.6 Å². The number of nitrogens with one attached hydrogen (secondary N) is 1. The number of halogens is 2. The van der Waals surface area contributed by atoms with Gasteiger partial charge < -0.3 is 30.1 Å². The van der Waals surface area contributed by atoms with E-state index in [-0.39, 0.29) is 24.4 Å². The Kier molecular flexibility index (Phi) is 12.2. The zero-order chi connectivity index (χ0) is 23.5. The van der Waals surface area contributed by atoms with Crippen molar-refractivity contribution in [3.63, 3.8) is 0 Å². The molecule has 190 valence electrons. The summed E-state index contributed by atoms with van der Waals surface area (Å²) in [5.41, 5.74) is -0.992. The SMILES string of the molecule is CCC[C@@H]1C[C@H](C(=O)N[C@@H](C2OC(SC)C(OP(=O)(O)O)C(O)C2O)[C@H](C)Cl)N(C)C1.Cl. The molecule has 2 heterocycles. The number of aliphatic hydroxyl groups excluding tert-OH is 2. The number of phosphoric ester groups is 1. The number of thioether (sulfide) groups is 1. The molecule has 0 aromatic carbocycles. The summed E-state index contributed by atoms with van der Waals surface area (Å²) in [4.78, 5) is 33.3. The van der Waals surface area contributed by atoms with Gasteiger partial charge in [-0.2, -0.15) is 0 Å². The number of alkyl halides is 1. The number of carbonyl (C=O) groups excluding carboxylic acids is 1. The van der Waals surface area contributed by atoms with Crippen LogP contribution in [0, 0.1) is 5.92 Å². The molecule has 5 N–H and O–H groups in total. The van der Waals surface area contributed by atoms with Crippen molar-refractivity contribution in [3.05, 3.63) is 0 Å². The van der Waals surface area contributed by atoms with Gasteiger partial charge in [0.05, 0.1) is 17.5 Å². The highest BCUT2D eigenvalue weighted by Crippen LogP contribution is 2.43. The molecule has 14 heteroatoms. The highest BCUT2D eigenvalue weighted by molar-refractivity contribution is 7.99. The molecular formula is C18H35Cl2N2O8PS. The monoisotopic (exact) mass is 540 g/mol. The van der Waals surface area contributed by atoms with Crippen LogP contribution in [0.1, 0.15) is 33.1 Å². The second kappa shape index (κ2) is 12.9. The Morgan fingerprint density at radius 3 is 2.50 bits per heavy atom. The maximum Gasteiger partial charge on any atom is 0.470 e. The topological polar surface area (TPSA) is 149 Å². The van der Waals surface area contributed by atoms with Crippen molar-refractivity contribution in [3.8, 4) is 0 Å². The summed E-state index contributed by atoms with van der Waals surface area (Å²) < 4.78 is 21.7. The zero-order valence-electron chi connectivity index (χ0n) is 18.5. The number of nitrogens with zero attached hydrogens (tertiary/aromatic N) is 1. The second-order valence-electron chi connectivity index (χ2n) is 8.30. The van der Waals surface area contributed by atoms with Gasteiger partial charge in [-0.15, -0.1) is 35.8 Å². The molecule has 1 amide bonds. The van der Waals surface area contributed by atoms with Crippen LogP contribution >= 0.6 is 43.6 Å². The van der Waals surface area contributed by atoms with E-state index in [1.807, 2.05) is 11.9 Å². The molecule has 0 spiro atoms. The van der Waals surface area contributed by atoms with E-state index < -0.39 is 49.1 Å². The van der Waals surface area contributed by atoms with E-state index in [0.29, 0.717) is 5.92 Å². The Hall–Kier alpha value is 0.350. The average Bonchev–Trinajstić information content (AvgIpc) is 3.03. The summed E-state index contributed by atoms with van der Waals surface area (Å²) in [6, 6.07) is -1.18. The third-order valence-corrected chi connectivity index (χ3v) is 7.50. The molecule has 0 aromatic rings. The minimum Gasteiger partial charge on any atom is -0.388 e. The van der Waals surface area contributed by atoms with Crippen LogP contribution in [0.15, 0.2) is 0 Å². The molecule has 5 unspecified atom stereocenters. The summed E-state index contributed by atoms with van der Waals surface area (Å²) in [5, 5.41) is 23.4. The molecule has 2 aliphatic heterocycles. The predicted molar refractivity (Wildman–Crippen MR) is 125 cm³/mol. The number of aliphatic hydroxyl groups is 2. The number of carbonyl (C=O) groups is 1. The van der Waals surface area contributed by atoms with Crippen LogP contribution in [0.25, 0.3) is 0 Å². The Labute approximate surface area is 204 Å². The second-order valence-corrected chi connectivity index (χ2v) is 11.1. The molecule has 2 saturated heterocycles. The quantitative estimate of drug-likeness (QED) is 0.211. The van der Waals surface area contributed by atoms with Gasteiger partial charge in [0, 0.05) is 6.54 Å². The van der Waals surface area contributed by atoms with Crippen LogP contribution in [-0.4, -0.2) is 98.0 Å². The predicted octanol–water partition coefficient (Wildman–Crippen LogP) is 0.928. The van der Waals surface area contributed by atoms with Gasteiger partial charge in [0.15, 0.2) is 0 Å². The van der Waals surface area contributed by atoms with E-state index >= 15 is 0 Å². The summed E-state index contributed by atoms with van der Waals surface area (Å²) in [7, 11) is -3.04. The van der Waals surface area contributed by atoms with E-state index in [1.54, 1.807) is 13.2 Å². The number of likely N-dealkylation sites (N-methyl/N-ethyl adjacent to an activating group) is 1. The van der Waals surface area contributed by atoms with Crippen LogP contribution in [0.4, 0.5) is 0 Å². The lowest BCUT2D eigenvalue weighted by Crippen LogP contribution is -2.65. The Balaban J connectivity index is 0.00000512. The van der Waals surface area contributed by atoms with Gasteiger partial charge in [-0.05, 0) is 39.0 Å². The van der Waals surface area contributed by atoms with E-state index in [0.717, 1.165) is 37.6 Å². The molecule has 0 saturated carbocycles. The minimum atomic E-state index is -4.93. The van der Waals surface area contributed by atoms with Crippen molar-refractivity contribution in [2.75, 3.05) is 19.8 Å². The van der Waals surface area contributed by atoms with Crippen LogP contribution in [0.3, 0.4) is 0 Å². The van der Waals surface area contributed by atoms with Gasteiger partial charge in [0.2, 0.25) is 5.91 Å². The van der Waals surface area contributed by atoms with Gasteiger partial charge in [-0.25, -0.2) is 4.57 Å². The first-order valence-electron chi connectivity index (χ1n) is 10.3. The van der Waals surface area contributed by atoms with Crippen LogP contribution in [0.2, 0.25) is 0 Å². The molecule has 2 rings (SSSR count). The normalized spacial score (nSPS) is 35.7. The number of ether oxygens (including phenoxy) is 1. The van der Waals surface area contributed by atoms with E-state index in [9.17, 15) is 19.6 Å². The van der Waals surface area contributed by atoms with Crippen molar-refractivity contribution in [1.82, 2.24) is 10.2 Å². The van der Waals surface area contributed by atoms with Crippen molar-refractivity contribution in [1.29, 1.82) is 0 Å². The molecule has 0 radical (unpaired) electrons. The van der Waals surface area contributed by atoms with Gasteiger partial charge in [0.1, 0.15) is 29.9 Å². The minimum absolute atomic E-state index is 0. The highest BCUT2D eigenvalue weighted by atomic mass is 35.5. The summed E-state index contributed by atoms with van der Waals surface area (Å²) in [5.74, 6) is 0.195. The number of rotatable bonds is 9. The zero-order valence-corrected chi connectivity index (χ0v) is 21.8. The molecule has 0 aliphatic carbocycles. The Morgan fingerprint density at radius 1 is 1.38 bits per heavy atom. The lowest BCUT2D eigenvalue weighted by Gasteiger charge is -2.45. The summed E-state index contributed by atoms with van der Waals surface area (Å²) in [6.07, 6.45) is -1.37. The van der Waals surface area contributed by atoms with Gasteiger partial charge in [0.25, 0.3) is 0 Å². The molecule has 2 aliphatic rings. The van der Waals surface area contributed by atoms with Crippen LogP contribution in [-0.2, 0) is 18.6 Å². The van der Waals surface area contributed by atoms with Crippen molar-refractivity contribution >= 4 is 49.5 Å². The molecule has 32 heavy (non-hydrogen) atoms. The molecule has 2 fully saturated rings. The summed E-state index contributed by atoms with van der Waals surface area (Å²) >= 11 is 7.38. The van der Waals surface area contributed by atoms with Crippen LogP contribution < -0.4 is 5.32 Å². The highest BCUT2D eigenvalue weighted by Gasteiger charge is 2.51. The molecule has 0 bridgehead atoms. The van der Waals surface area contributed by atoms with E-state index in [4.69, 9.17) is 26.1 Å². The maximum atomic E-state index is 13.0. The first-order chi connectivity index (χ1) is 14.4. The van der Waals surface area contributed by atoms with Crippen molar-refractivity contribution in [2.24, 2.45) is 5.92 Å². The van der Waals surface area contributed by atoms with Gasteiger partial charge in [-0.1, -0.05) is 13.3 Å². The fraction of sp³-hybridized carbons (Fsp3) is 0.944. The molecular weight excluding hydrogens is 506 g/mol. The maximum absolute atomic E-state index is 13.0. The number of hydrogen-bond acceptors (Lipinski definition) is 8. The molecule has 0 aromatic heterocycles. The van der Waals surface area contributed by atoms with Crippen molar-refractivity contribution in [2.45, 2.75) is 80.4 Å². The third-order valence-electron chi connectivity index (χ3n) is 5.87.